The second-order valence-corrected chi connectivity index (χ2v) is 8.25. The third-order valence-electron chi connectivity index (χ3n) is 4.15. The zero-order chi connectivity index (χ0) is 18.6. The minimum atomic E-state index is -3.68. The predicted molar refractivity (Wildman–Crippen MR) is 104 cm³/mol. The smallest absolute Gasteiger partial charge is 0.230 e. The number of para-hydroxylation sites is 1. The van der Waals surface area contributed by atoms with Gasteiger partial charge >= 0.3 is 0 Å². The Balaban J connectivity index is 2.31. The van der Waals surface area contributed by atoms with Gasteiger partial charge in [-0.15, -0.1) is 0 Å². The Morgan fingerprint density at radius 1 is 0.769 bits per heavy atom. The van der Waals surface area contributed by atoms with E-state index in [1.54, 1.807) is 66.7 Å². The Kier molecular flexibility index (Phi) is 5.24. The first-order valence-electron chi connectivity index (χ1n) is 8.10. The second kappa shape index (κ2) is 7.59. The molecule has 3 aromatic rings. The molecule has 0 heterocycles. The lowest BCUT2D eigenvalue weighted by Crippen LogP contribution is -2.24. The van der Waals surface area contributed by atoms with Crippen LogP contribution in [0.2, 0.25) is 0 Å². The molecule has 1 atom stereocenters. The average Bonchev–Trinajstić information content (AvgIpc) is 2.73. The topological polar surface area (TPSA) is 52.6 Å². The van der Waals surface area contributed by atoms with Crippen LogP contribution in [0, 0.1) is 0 Å². The Morgan fingerprint density at radius 3 is 1.96 bits per heavy atom. The van der Waals surface area contributed by atoms with Gasteiger partial charge < -0.3 is 14.0 Å². The number of carbonyl (C=O) groups is 1. The molecule has 3 rings (SSSR count). The summed E-state index contributed by atoms with van der Waals surface area (Å²) in [6.07, 6.45) is 0. The molecule has 0 saturated carbocycles. The summed E-state index contributed by atoms with van der Waals surface area (Å²) in [5.41, 5.74) is -0.0413. The Labute approximate surface area is 152 Å². The van der Waals surface area contributed by atoms with E-state index in [0.717, 1.165) is 0 Å². The molecule has 26 heavy (non-hydrogen) atoms. The Morgan fingerprint density at radius 2 is 1.38 bits per heavy atom. The molecule has 0 saturated heterocycles. The van der Waals surface area contributed by atoms with Gasteiger partial charge in [-0.3, -0.25) is 4.79 Å². The molecule has 0 amide bonds. The fourth-order valence-corrected chi connectivity index (χ4v) is 5.50. The summed E-state index contributed by atoms with van der Waals surface area (Å²) in [6, 6.07) is 22.5. The fourth-order valence-electron chi connectivity index (χ4n) is 2.88. The quantitative estimate of drug-likeness (QED) is 0.622. The van der Waals surface area contributed by atoms with Crippen LogP contribution in [-0.4, -0.2) is 19.7 Å². The molecule has 0 radical (unpaired) electrons. The highest BCUT2D eigenvalue weighted by molar-refractivity contribution is 7.93. The molecular formula is C21H19O4P. The van der Waals surface area contributed by atoms with Gasteiger partial charge in [-0.1, -0.05) is 66.7 Å². The van der Waals surface area contributed by atoms with Crippen molar-refractivity contribution in [1.29, 1.82) is 0 Å². The summed E-state index contributed by atoms with van der Waals surface area (Å²) in [4.78, 5) is 13.4. The molecule has 0 N–H and O–H groups in total. The van der Waals surface area contributed by atoms with Crippen LogP contribution in [0.3, 0.4) is 0 Å². The number of methoxy groups -OCH3 is 2. The van der Waals surface area contributed by atoms with Crippen LogP contribution in [0.15, 0.2) is 78.9 Å². The zero-order valence-corrected chi connectivity index (χ0v) is 15.5. The Bertz CT molecular complexity index is 952. The molecule has 3 aromatic carbocycles. The van der Waals surface area contributed by atoms with E-state index in [9.17, 15) is 9.36 Å². The van der Waals surface area contributed by atoms with E-state index in [1.807, 2.05) is 12.1 Å². The molecule has 1 unspecified atom stereocenters. The van der Waals surface area contributed by atoms with Gasteiger partial charge in [0.05, 0.1) is 19.5 Å². The molecule has 5 heteroatoms. The van der Waals surface area contributed by atoms with Gasteiger partial charge in [0.2, 0.25) is 12.7 Å². The molecule has 0 spiro atoms. The molecule has 4 nitrogen and oxygen atoms in total. The van der Waals surface area contributed by atoms with E-state index in [4.69, 9.17) is 9.47 Å². The van der Waals surface area contributed by atoms with Crippen molar-refractivity contribution in [3.05, 3.63) is 84.4 Å². The summed E-state index contributed by atoms with van der Waals surface area (Å²) in [6.45, 7) is 0. The normalized spacial score (nSPS) is 12.8. The maximum absolute atomic E-state index is 14.3. The number of hydrogen-bond acceptors (Lipinski definition) is 4. The third kappa shape index (κ3) is 3.04. The molecular weight excluding hydrogens is 347 g/mol. The molecule has 0 aromatic heterocycles. The lowest BCUT2D eigenvalue weighted by atomic mass is 10.2. The van der Waals surface area contributed by atoms with Gasteiger partial charge in [0.1, 0.15) is 0 Å². The highest BCUT2D eigenvalue weighted by atomic mass is 31.2. The number of benzene rings is 3. The molecule has 0 fully saturated rings. The molecule has 0 aliphatic heterocycles. The van der Waals surface area contributed by atoms with Crippen molar-refractivity contribution in [3.63, 3.8) is 0 Å². The van der Waals surface area contributed by atoms with Crippen molar-refractivity contribution in [2.45, 2.75) is 0 Å². The molecule has 0 aliphatic carbocycles. The maximum Gasteiger partial charge on any atom is 0.230 e. The van der Waals surface area contributed by atoms with Crippen LogP contribution >= 0.6 is 7.14 Å². The zero-order valence-electron chi connectivity index (χ0n) is 14.6. The van der Waals surface area contributed by atoms with Gasteiger partial charge in [0, 0.05) is 10.9 Å². The lowest BCUT2D eigenvalue weighted by molar-refractivity contribution is 0.107. The summed E-state index contributed by atoms with van der Waals surface area (Å²) in [5.74, 6) is 0.744. The summed E-state index contributed by atoms with van der Waals surface area (Å²) in [7, 11) is -0.691. The first-order valence-corrected chi connectivity index (χ1v) is 9.80. The Hall–Kier alpha value is -2.84. The monoisotopic (exact) mass is 366 g/mol. The van der Waals surface area contributed by atoms with Gasteiger partial charge in [-0.25, -0.2) is 0 Å². The average molecular weight is 366 g/mol. The number of carbonyl (C=O) groups excluding carboxylic acids is 1. The minimum absolute atomic E-state index is 0.312. The van der Waals surface area contributed by atoms with Gasteiger partial charge in [-0.05, 0) is 12.1 Å². The van der Waals surface area contributed by atoms with E-state index in [1.165, 1.54) is 14.2 Å². The van der Waals surface area contributed by atoms with Crippen LogP contribution in [-0.2, 0) is 4.57 Å². The van der Waals surface area contributed by atoms with Crippen molar-refractivity contribution in [2.24, 2.45) is 0 Å². The largest absolute Gasteiger partial charge is 0.493 e. The van der Waals surface area contributed by atoms with E-state index >= 15 is 0 Å². The van der Waals surface area contributed by atoms with Crippen LogP contribution in [0.25, 0.3) is 0 Å². The fraction of sp³-hybridized carbons (Fsp3) is 0.0952. The van der Waals surface area contributed by atoms with Gasteiger partial charge in [0.25, 0.3) is 0 Å². The summed E-state index contributed by atoms with van der Waals surface area (Å²) < 4.78 is 25.1. The van der Waals surface area contributed by atoms with Crippen molar-refractivity contribution >= 4 is 23.3 Å². The van der Waals surface area contributed by atoms with Crippen LogP contribution in [0.1, 0.15) is 10.4 Å². The SMILES string of the molecule is COc1cccc(P(=O)(C(=O)c2ccccc2)c2ccccc2)c1OC. The van der Waals surface area contributed by atoms with Crippen molar-refractivity contribution in [2.75, 3.05) is 14.2 Å². The molecule has 132 valence electrons. The third-order valence-corrected chi connectivity index (χ3v) is 7.03. The predicted octanol–water partition coefficient (Wildman–Crippen LogP) is 3.86. The molecule has 0 bridgehead atoms. The molecule has 0 aliphatic rings. The maximum atomic E-state index is 14.3. The van der Waals surface area contributed by atoms with Crippen molar-refractivity contribution in [1.82, 2.24) is 0 Å². The number of rotatable bonds is 6. The van der Waals surface area contributed by atoms with Crippen LogP contribution < -0.4 is 20.1 Å². The van der Waals surface area contributed by atoms with Crippen LogP contribution in [0.4, 0.5) is 0 Å². The number of ether oxygens (including phenoxy) is 2. The highest BCUT2D eigenvalue weighted by Gasteiger charge is 2.39. The van der Waals surface area contributed by atoms with E-state index in [2.05, 4.69) is 0 Å². The minimum Gasteiger partial charge on any atom is -0.493 e. The summed E-state index contributed by atoms with van der Waals surface area (Å²) in [5, 5.41) is 0.791. The summed E-state index contributed by atoms with van der Waals surface area (Å²) >= 11 is 0. The van der Waals surface area contributed by atoms with E-state index < -0.39 is 12.7 Å². The van der Waals surface area contributed by atoms with E-state index in [-0.39, 0.29) is 0 Å². The number of hydrogen-bond donors (Lipinski definition) is 0. The van der Waals surface area contributed by atoms with Crippen molar-refractivity contribution < 1.29 is 18.8 Å². The van der Waals surface area contributed by atoms with E-state index in [0.29, 0.717) is 27.7 Å². The highest BCUT2D eigenvalue weighted by Crippen LogP contribution is 2.50. The lowest BCUT2D eigenvalue weighted by Gasteiger charge is -2.21. The second-order valence-electron chi connectivity index (χ2n) is 5.63. The van der Waals surface area contributed by atoms with Crippen molar-refractivity contribution in [3.8, 4) is 11.5 Å². The van der Waals surface area contributed by atoms with Gasteiger partial charge in [0.15, 0.2) is 11.5 Å². The first-order chi connectivity index (χ1) is 12.6. The van der Waals surface area contributed by atoms with Gasteiger partial charge in [-0.2, -0.15) is 0 Å². The standard InChI is InChI=1S/C21H19O4P/c1-24-18-14-9-15-19(20(18)25-2)26(23,17-12-7-4-8-13-17)21(22)16-10-5-3-6-11-16/h3-15H,1-2H3. The first kappa shape index (κ1) is 18.0. The van der Waals surface area contributed by atoms with Crippen LogP contribution in [0.5, 0.6) is 11.5 Å².